The minimum atomic E-state index is -0.0532. The van der Waals surface area contributed by atoms with Gasteiger partial charge in [0.15, 0.2) is 0 Å². The standard InChI is InChI=1S/C9H20O2/c1-5-9(6-2,7-3)8(4)11-10/h8,10H,5-7H2,1-4H3. The van der Waals surface area contributed by atoms with Crippen LogP contribution in [0.25, 0.3) is 0 Å². The second kappa shape index (κ2) is 4.73. The summed E-state index contributed by atoms with van der Waals surface area (Å²) < 4.78 is 0. The lowest BCUT2D eigenvalue weighted by atomic mass is 9.75. The van der Waals surface area contributed by atoms with E-state index in [1.54, 1.807) is 0 Å². The smallest absolute Gasteiger partial charge is 0.0954 e. The van der Waals surface area contributed by atoms with Crippen LogP contribution in [-0.4, -0.2) is 11.4 Å². The highest BCUT2D eigenvalue weighted by molar-refractivity contribution is 4.80. The lowest BCUT2D eigenvalue weighted by Gasteiger charge is -2.34. The Morgan fingerprint density at radius 3 is 1.64 bits per heavy atom. The number of rotatable bonds is 5. The van der Waals surface area contributed by atoms with Gasteiger partial charge in [-0.3, -0.25) is 5.26 Å². The summed E-state index contributed by atoms with van der Waals surface area (Å²) in [7, 11) is 0. The first kappa shape index (κ1) is 10.9. The predicted molar refractivity (Wildman–Crippen MR) is 46.5 cm³/mol. The molecule has 0 aliphatic carbocycles. The van der Waals surface area contributed by atoms with Gasteiger partial charge in [0.25, 0.3) is 0 Å². The molecule has 68 valence electrons. The van der Waals surface area contributed by atoms with Gasteiger partial charge in [0.2, 0.25) is 0 Å². The van der Waals surface area contributed by atoms with E-state index in [-0.39, 0.29) is 11.5 Å². The molecule has 0 radical (unpaired) electrons. The predicted octanol–water partition coefficient (Wildman–Crippen LogP) is 3.08. The summed E-state index contributed by atoms with van der Waals surface area (Å²) in [6, 6.07) is 0. The Hall–Kier alpha value is -0.0800. The lowest BCUT2D eigenvalue weighted by Crippen LogP contribution is -2.32. The normalized spacial score (nSPS) is 15.0. The minimum Gasteiger partial charge on any atom is -0.252 e. The van der Waals surface area contributed by atoms with Crippen molar-refractivity contribution in [2.75, 3.05) is 0 Å². The van der Waals surface area contributed by atoms with Gasteiger partial charge in [0.1, 0.15) is 0 Å². The van der Waals surface area contributed by atoms with E-state index in [4.69, 9.17) is 5.26 Å². The molecule has 0 fully saturated rings. The van der Waals surface area contributed by atoms with E-state index < -0.39 is 0 Å². The average molecular weight is 160 g/mol. The summed E-state index contributed by atoms with van der Waals surface area (Å²) in [5.41, 5.74) is 0.161. The molecule has 0 aliphatic rings. The molecule has 0 aromatic heterocycles. The second-order valence-corrected chi connectivity index (χ2v) is 3.17. The van der Waals surface area contributed by atoms with Gasteiger partial charge in [-0.2, -0.15) is 0 Å². The molecule has 0 bridgehead atoms. The largest absolute Gasteiger partial charge is 0.252 e. The number of hydrogen-bond donors (Lipinski definition) is 1. The van der Waals surface area contributed by atoms with Crippen molar-refractivity contribution >= 4 is 0 Å². The fourth-order valence-corrected chi connectivity index (χ4v) is 1.72. The van der Waals surface area contributed by atoms with Gasteiger partial charge in [0, 0.05) is 0 Å². The van der Waals surface area contributed by atoms with E-state index in [1.807, 2.05) is 6.92 Å². The molecule has 0 rings (SSSR count). The van der Waals surface area contributed by atoms with Crippen molar-refractivity contribution in [3.8, 4) is 0 Å². The summed E-state index contributed by atoms with van der Waals surface area (Å²) >= 11 is 0. The van der Waals surface area contributed by atoms with Crippen LogP contribution in [0.15, 0.2) is 0 Å². The molecule has 11 heavy (non-hydrogen) atoms. The minimum absolute atomic E-state index is 0.0532. The maximum Gasteiger partial charge on any atom is 0.0954 e. The Labute approximate surface area is 69.5 Å². The highest BCUT2D eigenvalue weighted by Crippen LogP contribution is 2.35. The van der Waals surface area contributed by atoms with Crippen molar-refractivity contribution in [3.05, 3.63) is 0 Å². The summed E-state index contributed by atoms with van der Waals surface area (Å²) in [4.78, 5) is 4.39. The van der Waals surface area contributed by atoms with Crippen LogP contribution in [0, 0.1) is 5.41 Å². The molecule has 0 amide bonds. The molecule has 0 aromatic carbocycles. The maximum atomic E-state index is 8.56. The molecule has 0 saturated carbocycles. The van der Waals surface area contributed by atoms with E-state index in [0.29, 0.717) is 0 Å². The summed E-state index contributed by atoms with van der Waals surface area (Å²) in [5.74, 6) is 0. The molecular weight excluding hydrogens is 140 g/mol. The lowest BCUT2D eigenvalue weighted by molar-refractivity contribution is -0.300. The molecule has 1 N–H and O–H groups in total. The Bertz CT molecular complexity index is 89.5. The Morgan fingerprint density at radius 2 is 1.55 bits per heavy atom. The molecule has 1 unspecified atom stereocenters. The van der Waals surface area contributed by atoms with Crippen LogP contribution >= 0.6 is 0 Å². The molecule has 2 nitrogen and oxygen atoms in total. The first-order chi connectivity index (χ1) is 5.16. The average Bonchev–Trinajstić information content (AvgIpc) is 2.08. The summed E-state index contributed by atoms with van der Waals surface area (Å²) in [6.07, 6.45) is 3.12. The van der Waals surface area contributed by atoms with Gasteiger partial charge in [-0.15, -0.1) is 0 Å². The fraction of sp³-hybridized carbons (Fsp3) is 1.00. The van der Waals surface area contributed by atoms with Crippen LogP contribution in [0.3, 0.4) is 0 Å². The van der Waals surface area contributed by atoms with Crippen LogP contribution in [0.1, 0.15) is 47.0 Å². The van der Waals surface area contributed by atoms with E-state index in [1.165, 1.54) is 0 Å². The van der Waals surface area contributed by atoms with Gasteiger partial charge < -0.3 is 0 Å². The van der Waals surface area contributed by atoms with Crippen molar-refractivity contribution < 1.29 is 10.1 Å². The third-order valence-electron chi connectivity index (χ3n) is 3.13. The molecular formula is C9H20O2. The maximum absolute atomic E-state index is 8.56. The van der Waals surface area contributed by atoms with Crippen molar-refractivity contribution in [1.29, 1.82) is 0 Å². The van der Waals surface area contributed by atoms with Gasteiger partial charge in [-0.05, 0) is 31.6 Å². The highest BCUT2D eigenvalue weighted by atomic mass is 17.1. The molecule has 0 spiro atoms. The molecule has 2 heteroatoms. The van der Waals surface area contributed by atoms with Crippen LogP contribution in [-0.2, 0) is 4.89 Å². The third-order valence-corrected chi connectivity index (χ3v) is 3.13. The molecule has 0 aromatic rings. The quantitative estimate of drug-likeness (QED) is 0.494. The highest BCUT2D eigenvalue weighted by Gasteiger charge is 2.31. The zero-order chi connectivity index (χ0) is 8.91. The second-order valence-electron chi connectivity index (χ2n) is 3.17. The van der Waals surface area contributed by atoms with E-state index in [2.05, 4.69) is 25.7 Å². The Kier molecular flexibility index (Phi) is 4.69. The number of hydrogen-bond acceptors (Lipinski definition) is 2. The van der Waals surface area contributed by atoms with Crippen molar-refractivity contribution in [2.45, 2.75) is 53.1 Å². The van der Waals surface area contributed by atoms with Crippen LogP contribution in [0.4, 0.5) is 0 Å². The van der Waals surface area contributed by atoms with E-state index in [0.717, 1.165) is 19.3 Å². The van der Waals surface area contributed by atoms with Crippen LogP contribution in [0.2, 0.25) is 0 Å². The van der Waals surface area contributed by atoms with Crippen molar-refractivity contribution in [2.24, 2.45) is 5.41 Å². The van der Waals surface area contributed by atoms with Crippen LogP contribution in [0.5, 0.6) is 0 Å². The van der Waals surface area contributed by atoms with Gasteiger partial charge in [0.05, 0.1) is 6.10 Å². The zero-order valence-corrected chi connectivity index (χ0v) is 8.05. The molecule has 1 atom stereocenters. The topological polar surface area (TPSA) is 29.5 Å². The first-order valence-corrected chi connectivity index (χ1v) is 4.47. The third kappa shape index (κ3) is 2.17. The van der Waals surface area contributed by atoms with Gasteiger partial charge in [-0.1, -0.05) is 20.8 Å². The fourth-order valence-electron chi connectivity index (χ4n) is 1.72. The zero-order valence-electron chi connectivity index (χ0n) is 8.05. The Morgan fingerprint density at radius 1 is 1.18 bits per heavy atom. The first-order valence-electron chi connectivity index (χ1n) is 4.47. The Balaban J connectivity index is 4.26. The monoisotopic (exact) mass is 160 g/mol. The van der Waals surface area contributed by atoms with Gasteiger partial charge >= 0.3 is 0 Å². The van der Waals surface area contributed by atoms with Crippen molar-refractivity contribution in [3.63, 3.8) is 0 Å². The van der Waals surface area contributed by atoms with Gasteiger partial charge in [-0.25, -0.2) is 4.89 Å². The molecule has 0 aliphatic heterocycles. The summed E-state index contributed by atoms with van der Waals surface area (Å²) in [6.45, 7) is 8.35. The SMILES string of the molecule is CCC(CC)(CC)C(C)OO. The van der Waals surface area contributed by atoms with Crippen molar-refractivity contribution in [1.82, 2.24) is 0 Å². The molecule has 0 saturated heterocycles. The van der Waals surface area contributed by atoms with E-state index >= 15 is 0 Å². The van der Waals surface area contributed by atoms with E-state index in [9.17, 15) is 0 Å². The van der Waals surface area contributed by atoms with Crippen LogP contribution < -0.4 is 0 Å². The summed E-state index contributed by atoms with van der Waals surface area (Å²) in [5, 5.41) is 8.56. The molecule has 0 heterocycles.